The van der Waals surface area contributed by atoms with E-state index < -0.39 is 0 Å². The molecular weight excluding hydrogens is 718 g/mol. The Labute approximate surface area is 279 Å². The van der Waals surface area contributed by atoms with Crippen LogP contribution in [0.25, 0.3) is 65.0 Å². The zero-order chi connectivity index (χ0) is 26.8. The van der Waals surface area contributed by atoms with Gasteiger partial charge < -0.3 is 24.8 Å². The Morgan fingerprint density at radius 2 is 0.905 bits per heavy atom. The zero-order valence-corrected chi connectivity index (χ0v) is 28.6. The standard InChI is InChI=1S/C24H17.C13H9.C2H4.2ClH.Hf/c1-16-13-17-8-6-12-22(23(17)14-16)24-15-18-7-2-3-9-19(18)20-10-4-5-11-21(20)24;1-3-7-12-10(5-1)9-11-6-2-4-8-13(11)12;1-2;;;/h2-15H,1H3;1-9H;1-2H2;2*1H;/q2*-1;;;;+4/p-2. The summed E-state index contributed by atoms with van der Waals surface area (Å²) in [6.45, 7) is 8.17. The summed E-state index contributed by atoms with van der Waals surface area (Å²) in [7, 11) is 0. The van der Waals surface area contributed by atoms with E-state index in [2.05, 4.69) is 160 Å². The number of halogens is 2. The van der Waals surface area contributed by atoms with Gasteiger partial charge in [0.1, 0.15) is 0 Å². The second-order valence-corrected chi connectivity index (χ2v) is 9.85. The monoisotopic (exact) mass is 748 g/mol. The normalized spacial score (nSPS) is 10.1. The fraction of sp³-hybridized carbons (Fsp3) is 0.0256. The van der Waals surface area contributed by atoms with Crippen LogP contribution in [0.3, 0.4) is 0 Å². The van der Waals surface area contributed by atoms with Crippen LogP contribution in [0.1, 0.15) is 5.56 Å². The molecule has 0 saturated heterocycles. The molecule has 0 heterocycles. The predicted octanol–water partition coefficient (Wildman–Crippen LogP) is 5.36. The van der Waals surface area contributed by atoms with E-state index in [1.165, 1.54) is 70.6 Å². The molecule has 0 spiro atoms. The summed E-state index contributed by atoms with van der Waals surface area (Å²) < 4.78 is 0. The molecule has 0 fully saturated rings. The Morgan fingerprint density at radius 3 is 1.55 bits per heavy atom. The van der Waals surface area contributed by atoms with Crippen LogP contribution >= 0.6 is 0 Å². The van der Waals surface area contributed by atoms with Gasteiger partial charge in [-0.3, -0.25) is 0 Å². The van der Waals surface area contributed by atoms with E-state index in [9.17, 15) is 0 Å². The second-order valence-electron chi connectivity index (χ2n) is 9.85. The molecule has 0 bridgehead atoms. The van der Waals surface area contributed by atoms with Crippen LogP contribution in [0.5, 0.6) is 0 Å². The van der Waals surface area contributed by atoms with E-state index in [0.29, 0.717) is 0 Å². The predicted molar refractivity (Wildman–Crippen MR) is 173 cm³/mol. The van der Waals surface area contributed by atoms with Gasteiger partial charge in [0.25, 0.3) is 0 Å². The Hall–Kier alpha value is -3.49. The van der Waals surface area contributed by atoms with Crippen molar-refractivity contribution in [1.29, 1.82) is 0 Å². The first-order valence-electron chi connectivity index (χ1n) is 13.4. The van der Waals surface area contributed by atoms with Crippen molar-refractivity contribution >= 4 is 53.9 Å². The molecule has 42 heavy (non-hydrogen) atoms. The van der Waals surface area contributed by atoms with Crippen LogP contribution in [0.15, 0.2) is 153 Å². The third kappa shape index (κ3) is 6.15. The van der Waals surface area contributed by atoms with Crippen molar-refractivity contribution in [1.82, 2.24) is 0 Å². The summed E-state index contributed by atoms with van der Waals surface area (Å²) in [6.07, 6.45) is 0. The molecule has 8 aromatic rings. The SMILES string of the molecule is C=C.Cc1cc2c(-c3cc4ccccc4c4ccccc34)cccc2[cH-]1.[Cl-].[Cl-].[Hf+4].c1ccc2c(c1)[cH-]c1ccccc12. The van der Waals surface area contributed by atoms with Gasteiger partial charge in [-0.25, -0.2) is 0 Å². The number of fused-ring (bicyclic) bond motifs is 7. The Morgan fingerprint density at radius 1 is 0.429 bits per heavy atom. The van der Waals surface area contributed by atoms with Crippen molar-refractivity contribution in [3.8, 4) is 11.1 Å². The van der Waals surface area contributed by atoms with Gasteiger partial charge in [-0.1, -0.05) is 103 Å². The fourth-order valence-electron chi connectivity index (χ4n) is 5.80. The van der Waals surface area contributed by atoms with E-state index in [-0.39, 0.29) is 50.7 Å². The average Bonchev–Trinajstić information content (AvgIpc) is 3.58. The number of aryl methyl sites for hydroxylation is 1. The molecule has 0 atom stereocenters. The van der Waals surface area contributed by atoms with Crippen LogP contribution in [0, 0.1) is 6.92 Å². The Kier molecular flexibility index (Phi) is 11.5. The molecule has 0 N–H and O–H groups in total. The molecule has 0 amide bonds. The molecule has 0 saturated carbocycles. The van der Waals surface area contributed by atoms with Gasteiger partial charge in [0.2, 0.25) is 0 Å². The van der Waals surface area contributed by atoms with Crippen LogP contribution in [0.4, 0.5) is 0 Å². The van der Waals surface area contributed by atoms with Gasteiger partial charge in [-0.15, -0.1) is 87.4 Å². The van der Waals surface area contributed by atoms with E-state index in [0.717, 1.165) is 0 Å². The molecule has 204 valence electrons. The topological polar surface area (TPSA) is 0 Å². The van der Waals surface area contributed by atoms with Crippen molar-refractivity contribution in [2.24, 2.45) is 0 Å². The van der Waals surface area contributed by atoms with Gasteiger partial charge in [0.15, 0.2) is 0 Å². The van der Waals surface area contributed by atoms with E-state index in [1.807, 2.05) is 0 Å². The van der Waals surface area contributed by atoms with Crippen LogP contribution in [0.2, 0.25) is 0 Å². The first kappa shape index (κ1) is 33.0. The van der Waals surface area contributed by atoms with Crippen molar-refractivity contribution in [3.63, 3.8) is 0 Å². The van der Waals surface area contributed by atoms with Crippen LogP contribution in [-0.2, 0) is 25.8 Å². The summed E-state index contributed by atoms with van der Waals surface area (Å²) >= 11 is 0. The maximum absolute atomic E-state index is 3.00. The van der Waals surface area contributed by atoms with Gasteiger partial charge in [-0.2, -0.15) is 6.07 Å². The summed E-state index contributed by atoms with van der Waals surface area (Å²) in [6, 6.07) is 50.2. The van der Waals surface area contributed by atoms with Crippen LogP contribution < -0.4 is 24.8 Å². The number of hydrogen-bond donors (Lipinski definition) is 0. The smallest absolute Gasteiger partial charge is 1.00 e. The Bertz CT molecular complexity index is 2030. The van der Waals surface area contributed by atoms with Gasteiger partial charge >= 0.3 is 25.8 Å². The number of rotatable bonds is 1. The molecule has 3 heteroatoms. The second kappa shape index (κ2) is 14.6. The third-order valence-corrected chi connectivity index (χ3v) is 7.48. The first-order valence-corrected chi connectivity index (χ1v) is 13.4. The number of benzene rings is 6. The summed E-state index contributed by atoms with van der Waals surface area (Å²) in [5.74, 6) is 0. The minimum atomic E-state index is 0. The van der Waals surface area contributed by atoms with Gasteiger partial charge in [0, 0.05) is 0 Å². The average molecular weight is 748 g/mol. The Balaban J connectivity index is 0.000000231. The minimum Gasteiger partial charge on any atom is -1.00 e. The minimum absolute atomic E-state index is 0. The quantitative estimate of drug-likeness (QED) is 0.0920. The van der Waals surface area contributed by atoms with Crippen molar-refractivity contribution in [2.45, 2.75) is 6.92 Å². The molecule has 0 aliphatic heterocycles. The van der Waals surface area contributed by atoms with Crippen molar-refractivity contribution in [3.05, 3.63) is 158 Å². The molecule has 0 unspecified atom stereocenters. The fourth-order valence-corrected chi connectivity index (χ4v) is 5.80. The van der Waals surface area contributed by atoms with Crippen LogP contribution in [-0.4, -0.2) is 0 Å². The van der Waals surface area contributed by atoms with Gasteiger partial charge in [-0.05, 0) is 33.2 Å². The van der Waals surface area contributed by atoms with E-state index in [4.69, 9.17) is 0 Å². The maximum atomic E-state index is 3.00. The molecule has 0 aromatic heterocycles. The molecule has 8 rings (SSSR count). The number of hydrogen-bond acceptors (Lipinski definition) is 0. The zero-order valence-electron chi connectivity index (χ0n) is 23.4. The van der Waals surface area contributed by atoms with E-state index >= 15 is 0 Å². The molecular formula is C39H30Cl2Hf. The molecule has 0 aliphatic rings. The molecule has 0 nitrogen and oxygen atoms in total. The third-order valence-electron chi connectivity index (χ3n) is 7.48. The summed E-state index contributed by atoms with van der Waals surface area (Å²) in [4.78, 5) is 0. The largest absolute Gasteiger partial charge is 4.00 e. The molecule has 8 aromatic carbocycles. The van der Waals surface area contributed by atoms with Gasteiger partial charge in [0.05, 0.1) is 0 Å². The van der Waals surface area contributed by atoms with E-state index in [1.54, 1.807) is 0 Å². The summed E-state index contributed by atoms with van der Waals surface area (Å²) in [5.41, 5.74) is 3.96. The summed E-state index contributed by atoms with van der Waals surface area (Å²) in [5, 5.41) is 13.3. The molecule has 0 aliphatic carbocycles. The van der Waals surface area contributed by atoms with Crippen molar-refractivity contribution in [2.75, 3.05) is 0 Å². The molecule has 0 radical (unpaired) electrons. The maximum Gasteiger partial charge on any atom is 4.00 e. The van der Waals surface area contributed by atoms with Crippen molar-refractivity contribution < 1.29 is 50.7 Å². The first-order chi connectivity index (χ1) is 19.3.